The zero-order chi connectivity index (χ0) is 16.9. The largest absolute Gasteiger partial charge is 0.355 e. The minimum absolute atomic E-state index is 0.0498. The van der Waals surface area contributed by atoms with Gasteiger partial charge in [0.1, 0.15) is 11.6 Å². The summed E-state index contributed by atoms with van der Waals surface area (Å²) in [5.41, 5.74) is 0.925. The highest BCUT2D eigenvalue weighted by molar-refractivity contribution is 5.79. The van der Waals surface area contributed by atoms with Crippen molar-refractivity contribution in [2.75, 3.05) is 25.0 Å². The Kier molecular flexibility index (Phi) is 5.03. The minimum Gasteiger partial charge on any atom is -0.355 e. The molecule has 1 aromatic heterocycles. The van der Waals surface area contributed by atoms with Crippen molar-refractivity contribution in [3.63, 3.8) is 0 Å². The molecule has 0 spiro atoms. The SMILES string of the molecule is CN(Cc1ccc(F)cc1)C(=O)C1CCCN(c2cnccn2)C1. The number of hydrogen-bond donors (Lipinski definition) is 0. The van der Waals surface area contributed by atoms with Gasteiger partial charge < -0.3 is 9.80 Å². The second kappa shape index (κ2) is 7.38. The van der Waals surface area contributed by atoms with Gasteiger partial charge in [-0.15, -0.1) is 0 Å². The van der Waals surface area contributed by atoms with Crippen molar-refractivity contribution in [3.8, 4) is 0 Å². The highest BCUT2D eigenvalue weighted by Gasteiger charge is 2.28. The summed E-state index contributed by atoms with van der Waals surface area (Å²) in [4.78, 5) is 25.0. The maximum absolute atomic E-state index is 13.0. The van der Waals surface area contributed by atoms with Crippen LogP contribution in [0.3, 0.4) is 0 Å². The summed E-state index contributed by atoms with van der Waals surface area (Å²) in [5, 5.41) is 0. The fourth-order valence-corrected chi connectivity index (χ4v) is 3.09. The number of halogens is 1. The molecule has 0 bridgehead atoms. The van der Waals surface area contributed by atoms with E-state index in [1.807, 2.05) is 0 Å². The first-order chi connectivity index (χ1) is 11.6. The van der Waals surface area contributed by atoms with E-state index >= 15 is 0 Å². The Bertz CT molecular complexity index is 677. The molecular formula is C18H21FN4O. The van der Waals surface area contributed by atoms with E-state index in [0.29, 0.717) is 13.1 Å². The van der Waals surface area contributed by atoms with Crippen molar-refractivity contribution < 1.29 is 9.18 Å². The number of rotatable bonds is 4. The van der Waals surface area contributed by atoms with Crippen molar-refractivity contribution >= 4 is 11.7 Å². The molecule has 0 N–H and O–H groups in total. The molecule has 0 aliphatic carbocycles. The second-order valence-corrected chi connectivity index (χ2v) is 6.17. The zero-order valence-electron chi connectivity index (χ0n) is 13.7. The number of carbonyl (C=O) groups excluding carboxylic acids is 1. The molecule has 24 heavy (non-hydrogen) atoms. The first-order valence-electron chi connectivity index (χ1n) is 8.14. The third-order valence-electron chi connectivity index (χ3n) is 4.35. The smallest absolute Gasteiger partial charge is 0.227 e. The molecule has 1 unspecified atom stereocenters. The summed E-state index contributed by atoms with van der Waals surface area (Å²) in [5.74, 6) is 0.620. The maximum atomic E-state index is 13.0. The predicted molar refractivity (Wildman–Crippen MR) is 89.8 cm³/mol. The summed E-state index contributed by atoms with van der Waals surface area (Å²) in [6, 6.07) is 6.27. The first-order valence-corrected chi connectivity index (χ1v) is 8.14. The fraction of sp³-hybridized carbons (Fsp3) is 0.389. The van der Waals surface area contributed by atoms with Crippen LogP contribution in [0.4, 0.5) is 10.2 Å². The number of benzene rings is 1. The molecule has 1 amide bonds. The Hall–Kier alpha value is -2.50. The number of amides is 1. The Morgan fingerprint density at radius 1 is 1.33 bits per heavy atom. The molecule has 1 aliphatic rings. The van der Waals surface area contributed by atoms with E-state index in [2.05, 4.69) is 14.9 Å². The van der Waals surface area contributed by atoms with Crippen molar-refractivity contribution in [2.24, 2.45) is 5.92 Å². The van der Waals surface area contributed by atoms with Crippen molar-refractivity contribution in [2.45, 2.75) is 19.4 Å². The fourth-order valence-electron chi connectivity index (χ4n) is 3.09. The van der Waals surface area contributed by atoms with E-state index < -0.39 is 0 Å². The molecule has 1 fully saturated rings. The van der Waals surface area contributed by atoms with Gasteiger partial charge in [-0.05, 0) is 30.5 Å². The molecule has 1 aromatic carbocycles. The molecule has 1 atom stereocenters. The monoisotopic (exact) mass is 328 g/mol. The number of piperidine rings is 1. The van der Waals surface area contributed by atoms with Crippen LogP contribution in [0.1, 0.15) is 18.4 Å². The third-order valence-corrected chi connectivity index (χ3v) is 4.35. The predicted octanol–water partition coefficient (Wildman–Crippen LogP) is 2.49. The van der Waals surface area contributed by atoms with E-state index in [4.69, 9.17) is 0 Å². The number of anilines is 1. The molecule has 0 radical (unpaired) electrons. The van der Waals surface area contributed by atoms with Gasteiger partial charge in [0.15, 0.2) is 0 Å². The van der Waals surface area contributed by atoms with Gasteiger partial charge in [0, 0.05) is 39.1 Å². The normalized spacial score (nSPS) is 17.6. The summed E-state index contributed by atoms with van der Waals surface area (Å²) in [7, 11) is 1.80. The Morgan fingerprint density at radius 3 is 2.83 bits per heavy atom. The van der Waals surface area contributed by atoms with Gasteiger partial charge in [-0.3, -0.25) is 9.78 Å². The molecule has 126 valence electrons. The van der Waals surface area contributed by atoms with E-state index in [0.717, 1.165) is 30.8 Å². The lowest BCUT2D eigenvalue weighted by Crippen LogP contribution is -2.43. The Balaban J connectivity index is 1.62. The Morgan fingerprint density at radius 2 is 2.12 bits per heavy atom. The van der Waals surface area contributed by atoms with Crippen LogP contribution < -0.4 is 4.90 Å². The average Bonchev–Trinajstić information content (AvgIpc) is 2.64. The van der Waals surface area contributed by atoms with Gasteiger partial charge in [-0.2, -0.15) is 0 Å². The molecule has 0 saturated carbocycles. The molecule has 3 rings (SSSR count). The van der Waals surface area contributed by atoms with Crippen molar-refractivity contribution in [3.05, 3.63) is 54.2 Å². The van der Waals surface area contributed by atoms with Gasteiger partial charge >= 0.3 is 0 Å². The average molecular weight is 328 g/mol. The van der Waals surface area contributed by atoms with Crippen LogP contribution in [0.25, 0.3) is 0 Å². The van der Waals surface area contributed by atoms with Crippen molar-refractivity contribution in [1.82, 2.24) is 14.9 Å². The molecule has 1 aliphatic heterocycles. The standard InChI is InChI=1S/C18H21FN4O/c1-22(12-14-4-6-16(19)7-5-14)18(24)15-3-2-10-23(13-15)17-11-20-8-9-21-17/h4-9,11,15H,2-3,10,12-13H2,1H3. The summed E-state index contributed by atoms with van der Waals surface area (Å²) < 4.78 is 13.0. The number of nitrogens with zero attached hydrogens (tertiary/aromatic N) is 4. The second-order valence-electron chi connectivity index (χ2n) is 6.17. The number of carbonyl (C=O) groups is 1. The molecule has 2 heterocycles. The summed E-state index contributed by atoms with van der Waals surface area (Å²) in [6.07, 6.45) is 6.88. The van der Waals surface area contributed by atoms with Crippen LogP contribution in [0.2, 0.25) is 0 Å². The van der Waals surface area contributed by atoms with Gasteiger partial charge in [0.05, 0.1) is 12.1 Å². The Labute approximate surface area is 141 Å². The minimum atomic E-state index is -0.264. The molecule has 6 heteroatoms. The highest BCUT2D eigenvalue weighted by Crippen LogP contribution is 2.22. The maximum Gasteiger partial charge on any atom is 0.227 e. The van der Waals surface area contributed by atoms with Crippen LogP contribution in [-0.4, -0.2) is 40.9 Å². The van der Waals surface area contributed by atoms with Gasteiger partial charge in [0.25, 0.3) is 0 Å². The van der Waals surface area contributed by atoms with Gasteiger partial charge in [0.2, 0.25) is 5.91 Å². The van der Waals surface area contributed by atoms with E-state index in [1.54, 1.807) is 42.7 Å². The lowest BCUT2D eigenvalue weighted by atomic mass is 9.96. The van der Waals surface area contributed by atoms with Crippen LogP contribution in [0.15, 0.2) is 42.9 Å². The molecule has 5 nitrogen and oxygen atoms in total. The van der Waals surface area contributed by atoms with E-state index in [9.17, 15) is 9.18 Å². The zero-order valence-corrected chi connectivity index (χ0v) is 13.7. The molecular weight excluding hydrogens is 307 g/mol. The summed E-state index contributed by atoms with van der Waals surface area (Å²) in [6.45, 7) is 2.04. The van der Waals surface area contributed by atoms with Crippen LogP contribution in [0.5, 0.6) is 0 Å². The van der Waals surface area contributed by atoms with Crippen LogP contribution in [-0.2, 0) is 11.3 Å². The van der Waals surface area contributed by atoms with E-state index in [-0.39, 0.29) is 17.6 Å². The van der Waals surface area contributed by atoms with Crippen molar-refractivity contribution in [1.29, 1.82) is 0 Å². The third kappa shape index (κ3) is 3.88. The number of hydrogen-bond acceptors (Lipinski definition) is 4. The molecule has 1 saturated heterocycles. The lowest BCUT2D eigenvalue weighted by molar-refractivity contribution is -0.135. The van der Waals surface area contributed by atoms with E-state index in [1.165, 1.54) is 12.1 Å². The van der Waals surface area contributed by atoms with Crippen LogP contribution >= 0.6 is 0 Å². The number of aromatic nitrogens is 2. The van der Waals surface area contributed by atoms with Gasteiger partial charge in [-0.25, -0.2) is 9.37 Å². The summed E-state index contributed by atoms with van der Waals surface area (Å²) >= 11 is 0. The highest BCUT2D eigenvalue weighted by atomic mass is 19.1. The first kappa shape index (κ1) is 16.4. The van der Waals surface area contributed by atoms with Crippen LogP contribution in [0, 0.1) is 11.7 Å². The van der Waals surface area contributed by atoms with Gasteiger partial charge in [-0.1, -0.05) is 12.1 Å². The molecule has 2 aromatic rings. The lowest BCUT2D eigenvalue weighted by Gasteiger charge is -2.34. The topological polar surface area (TPSA) is 49.3 Å². The quantitative estimate of drug-likeness (QED) is 0.865.